The highest BCUT2D eigenvalue weighted by atomic mass is 79.9. The first-order valence-electron chi connectivity index (χ1n) is 9.24. The SMILES string of the molecule is C=C[C@]1(C)CC[C@@H](Br)[C@](C)(CC[C@@H]2[C@@H](C)[C@]3(C)CC[C@@]2(C)O3)O1. The summed E-state index contributed by atoms with van der Waals surface area (Å²) in [5, 5.41) is 0. The van der Waals surface area contributed by atoms with E-state index in [0.717, 1.165) is 19.3 Å². The second-order valence-corrected chi connectivity index (χ2v) is 10.2. The summed E-state index contributed by atoms with van der Waals surface area (Å²) < 4.78 is 13.0. The Labute approximate surface area is 150 Å². The van der Waals surface area contributed by atoms with Gasteiger partial charge < -0.3 is 9.47 Å². The van der Waals surface area contributed by atoms with E-state index in [-0.39, 0.29) is 22.4 Å². The number of ether oxygens (including phenoxy) is 2. The molecule has 2 bridgehead atoms. The second kappa shape index (κ2) is 5.57. The third-order valence-electron chi connectivity index (χ3n) is 7.34. The van der Waals surface area contributed by atoms with E-state index >= 15 is 0 Å². The van der Waals surface area contributed by atoms with Crippen molar-refractivity contribution in [2.45, 2.75) is 100 Å². The molecule has 0 aromatic rings. The van der Waals surface area contributed by atoms with Gasteiger partial charge >= 0.3 is 0 Å². The molecule has 23 heavy (non-hydrogen) atoms. The number of hydrogen-bond acceptors (Lipinski definition) is 2. The van der Waals surface area contributed by atoms with Crippen molar-refractivity contribution in [3.05, 3.63) is 12.7 Å². The van der Waals surface area contributed by atoms with Gasteiger partial charge in [-0.2, -0.15) is 0 Å². The maximum atomic E-state index is 6.55. The summed E-state index contributed by atoms with van der Waals surface area (Å²) in [6, 6.07) is 0. The van der Waals surface area contributed by atoms with E-state index in [0.29, 0.717) is 16.7 Å². The zero-order chi connectivity index (χ0) is 17.1. The van der Waals surface area contributed by atoms with Crippen LogP contribution in [0.15, 0.2) is 12.7 Å². The van der Waals surface area contributed by atoms with Crippen molar-refractivity contribution in [3.63, 3.8) is 0 Å². The summed E-state index contributed by atoms with van der Waals surface area (Å²) >= 11 is 3.89. The van der Waals surface area contributed by atoms with Gasteiger partial charge in [0.25, 0.3) is 0 Å². The third kappa shape index (κ3) is 2.85. The average molecular weight is 385 g/mol. The van der Waals surface area contributed by atoms with Crippen LogP contribution >= 0.6 is 15.9 Å². The molecule has 0 unspecified atom stereocenters. The monoisotopic (exact) mass is 384 g/mol. The molecule has 3 heterocycles. The maximum absolute atomic E-state index is 6.55. The maximum Gasteiger partial charge on any atom is 0.0840 e. The first-order valence-corrected chi connectivity index (χ1v) is 10.2. The minimum Gasteiger partial charge on any atom is -0.369 e. The highest BCUT2D eigenvalue weighted by molar-refractivity contribution is 9.09. The Morgan fingerprint density at radius 3 is 2.30 bits per heavy atom. The summed E-state index contributed by atoms with van der Waals surface area (Å²) in [5.41, 5.74) is -0.147. The Kier molecular flexibility index (Phi) is 4.35. The Balaban J connectivity index is 1.71. The molecule has 0 N–H and O–H groups in total. The summed E-state index contributed by atoms with van der Waals surface area (Å²) in [7, 11) is 0. The fourth-order valence-corrected chi connectivity index (χ4v) is 5.93. The molecule has 0 saturated carbocycles. The zero-order valence-electron chi connectivity index (χ0n) is 15.5. The Morgan fingerprint density at radius 1 is 1.09 bits per heavy atom. The smallest absolute Gasteiger partial charge is 0.0840 e. The van der Waals surface area contributed by atoms with Gasteiger partial charge in [-0.05, 0) is 78.1 Å². The largest absolute Gasteiger partial charge is 0.369 e. The van der Waals surface area contributed by atoms with Gasteiger partial charge in [0, 0.05) is 4.83 Å². The molecule has 7 atom stereocenters. The molecule has 3 fully saturated rings. The highest BCUT2D eigenvalue weighted by Gasteiger charge is 2.61. The lowest BCUT2D eigenvalue weighted by atomic mass is 9.66. The van der Waals surface area contributed by atoms with Crippen molar-refractivity contribution in [3.8, 4) is 0 Å². The van der Waals surface area contributed by atoms with Gasteiger partial charge in [-0.15, -0.1) is 6.58 Å². The minimum atomic E-state index is -0.189. The van der Waals surface area contributed by atoms with Crippen LogP contribution in [0.3, 0.4) is 0 Å². The number of fused-ring (bicyclic) bond motifs is 2. The minimum absolute atomic E-state index is 0.0722. The van der Waals surface area contributed by atoms with E-state index in [2.05, 4.69) is 57.1 Å². The molecule has 0 aliphatic carbocycles. The van der Waals surface area contributed by atoms with Crippen LogP contribution in [0, 0.1) is 11.8 Å². The number of hydrogen-bond donors (Lipinski definition) is 0. The first-order chi connectivity index (χ1) is 10.6. The molecule has 0 spiro atoms. The standard InChI is InChI=1S/C20H33BrO2/c1-7-17(3)10-9-16(21)20(6,22-17)11-8-15-14(2)18(4)12-13-19(15,5)23-18/h7,14-16H,1,8-13H2,2-6H3/t14-,15-,16-,17-,18+,19-,20+/m1/s1. The Bertz CT molecular complexity index is 494. The van der Waals surface area contributed by atoms with Crippen molar-refractivity contribution in [1.29, 1.82) is 0 Å². The zero-order valence-corrected chi connectivity index (χ0v) is 17.0. The quantitative estimate of drug-likeness (QED) is 0.461. The van der Waals surface area contributed by atoms with E-state index < -0.39 is 0 Å². The first kappa shape index (κ1) is 17.9. The Morgan fingerprint density at radius 2 is 1.74 bits per heavy atom. The topological polar surface area (TPSA) is 18.5 Å². The van der Waals surface area contributed by atoms with Crippen LogP contribution in [0.25, 0.3) is 0 Å². The van der Waals surface area contributed by atoms with Crippen molar-refractivity contribution < 1.29 is 9.47 Å². The molecular formula is C20H33BrO2. The van der Waals surface area contributed by atoms with Crippen molar-refractivity contribution in [2.24, 2.45) is 11.8 Å². The molecular weight excluding hydrogens is 352 g/mol. The normalized spacial score (nSPS) is 56.0. The number of alkyl halides is 1. The molecule has 2 nitrogen and oxygen atoms in total. The van der Waals surface area contributed by atoms with Crippen LogP contribution in [0.4, 0.5) is 0 Å². The predicted molar refractivity (Wildman–Crippen MR) is 99.1 cm³/mol. The third-order valence-corrected chi connectivity index (χ3v) is 8.77. The summed E-state index contributed by atoms with van der Waals surface area (Å²) in [5.74, 6) is 1.27. The molecule has 0 aromatic heterocycles. The molecule has 0 radical (unpaired) electrons. The van der Waals surface area contributed by atoms with Crippen LogP contribution in [0.5, 0.6) is 0 Å². The summed E-state index contributed by atoms with van der Waals surface area (Å²) in [6.45, 7) is 15.5. The summed E-state index contributed by atoms with van der Waals surface area (Å²) in [4.78, 5) is 0.418. The van der Waals surface area contributed by atoms with E-state index in [1.807, 2.05) is 6.08 Å². The lowest BCUT2D eigenvalue weighted by molar-refractivity contribution is -0.151. The molecule has 3 heteroatoms. The van der Waals surface area contributed by atoms with Gasteiger partial charge in [-0.25, -0.2) is 0 Å². The van der Waals surface area contributed by atoms with Crippen LogP contribution in [0.2, 0.25) is 0 Å². The molecule has 132 valence electrons. The van der Waals surface area contributed by atoms with Crippen molar-refractivity contribution >= 4 is 15.9 Å². The highest BCUT2D eigenvalue weighted by Crippen LogP contribution is 2.59. The molecule has 0 amide bonds. The molecule has 3 rings (SSSR count). The predicted octanol–water partition coefficient (Wildman–Crippen LogP) is 5.64. The van der Waals surface area contributed by atoms with Gasteiger partial charge in [-0.1, -0.05) is 28.9 Å². The van der Waals surface area contributed by atoms with Crippen molar-refractivity contribution in [2.75, 3.05) is 0 Å². The van der Waals surface area contributed by atoms with E-state index in [4.69, 9.17) is 9.47 Å². The summed E-state index contributed by atoms with van der Waals surface area (Å²) in [6.07, 6.45) is 8.85. The van der Waals surface area contributed by atoms with Crippen LogP contribution in [0.1, 0.15) is 73.1 Å². The van der Waals surface area contributed by atoms with Gasteiger partial charge in [0.15, 0.2) is 0 Å². The second-order valence-electron chi connectivity index (χ2n) is 9.10. The van der Waals surface area contributed by atoms with Gasteiger partial charge in [0.1, 0.15) is 0 Å². The lowest BCUT2D eigenvalue weighted by Crippen LogP contribution is -2.51. The fraction of sp³-hybridized carbons (Fsp3) is 0.900. The van der Waals surface area contributed by atoms with Crippen LogP contribution in [-0.4, -0.2) is 27.2 Å². The molecule has 0 aromatic carbocycles. The van der Waals surface area contributed by atoms with Crippen molar-refractivity contribution in [1.82, 2.24) is 0 Å². The number of rotatable bonds is 4. The van der Waals surface area contributed by atoms with E-state index in [1.165, 1.54) is 19.3 Å². The van der Waals surface area contributed by atoms with Crippen LogP contribution < -0.4 is 0 Å². The molecule has 3 aliphatic heterocycles. The Hall–Kier alpha value is 0.140. The average Bonchev–Trinajstić information content (AvgIpc) is 2.89. The van der Waals surface area contributed by atoms with E-state index in [9.17, 15) is 0 Å². The van der Waals surface area contributed by atoms with Gasteiger partial charge in [0.05, 0.1) is 22.4 Å². The van der Waals surface area contributed by atoms with Crippen LogP contribution in [-0.2, 0) is 9.47 Å². The van der Waals surface area contributed by atoms with Gasteiger partial charge in [-0.3, -0.25) is 0 Å². The molecule has 3 saturated heterocycles. The molecule has 3 aliphatic rings. The fourth-order valence-electron chi connectivity index (χ4n) is 5.38. The van der Waals surface area contributed by atoms with Gasteiger partial charge in [0.2, 0.25) is 0 Å². The van der Waals surface area contributed by atoms with E-state index in [1.54, 1.807) is 0 Å². The lowest BCUT2D eigenvalue weighted by Gasteiger charge is -2.48. The number of halogens is 1.